The maximum atomic E-state index is 13.2. The van der Waals surface area contributed by atoms with Gasteiger partial charge in [-0.05, 0) is 23.8 Å². The Hall–Kier alpha value is -3.15. The van der Waals surface area contributed by atoms with Crippen LogP contribution in [0.4, 0.5) is 5.69 Å². The second-order valence-electron chi connectivity index (χ2n) is 5.73. The number of fused-ring (bicyclic) bond motifs is 1. The number of hydrogen-bond acceptors (Lipinski definition) is 4. The Morgan fingerprint density at radius 1 is 1.08 bits per heavy atom. The molecule has 0 fully saturated rings. The molecule has 0 aromatic heterocycles. The van der Waals surface area contributed by atoms with Crippen molar-refractivity contribution < 1.29 is 19.1 Å². The number of nitrogens with one attached hydrogen (secondary N) is 1. The molecule has 0 spiro atoms. The van der Waals surface area contributed by atoms with E-state index in [2.05, 4.69) is 5.32 Å². The molecule has 2 amide bonds. The summed E-state index contributed by atoms with van der Waals surface area (Å²) < 4.78 is 5.15. The van der Waals surface area contributed by atoms with E-state index in [1.54, 1.807) is 31.3 Å². The van der Waals surface area contributed by atoms with E-state index in [0.717, 1.165) is 5.56 Å². The number of nitrogens with zero attached hydrogens (tertiary/aromatic N) is 1. The Labute approximate surface area is 145 Å². The lowest BCUT2D eigenvalue weighted by molar-refractivity contribution is -0.132. The average molecular weight is 338 g/mol. The highest BCUT2D eigenvalue weighted by Gasteiger charge is 2.39. The first-order valence-electron chi connectivity index (χ1n) is 7.93. The lowest BCUT2D eigenvalue weighted by atomic mass is 10.1. The van der Waals surface area contributed by atoms with Crippen LogP contribution in [0.2, 0.25) is 0 Å². The van der Waals surface area contributed by atoms with Gasteiger partial charge in [0.15, 0.2) is 0 Å². The monoisotopic (exact) mass is 338 g/mol. The van der Waals surface area contributed by atoms with Crippen LogP contribution < -0.4 is 15.0 Å². The lowest BCUT2D eigenvalue weighted by Crippen LogP contribution is -2.47. The summed E-state index contributed by atoms with van der Waals surface area (Å²) in [6.07, 6.45) is 0.442. The molecule has 6 nitrogen and oxygen atoms in total. The van der Waals surface area contributed by atoms with Gasteiger partial charge in [-0.15, -0.1) is 0 Å². The molecule has 1 unspecified atom stereocenters. The number of carbonyl (C=O) groups is 3. The van der Waals surface area contributed by atoms with Gasteiger partial charge in [0.2, 0.25) is 5.91 Å². The summed E-state index contributed by atoms with van der Waals surface area (Å²) in [5.74, 6) is -0.949. The highest BCUT2D eigenvalue weighted by atomic mass is 16.5. The molecule has 1 aliphatic rings. The van der Waals surface area contributed by atoms with E-state index in [1.807, 2.05) is 24.3 Å². The Bertz CT molecular complexity index is 847. The Kier molecular flexibility index (Phi) is 4.52. The summed E-state index contributed by atoms with van der Waals surface area (Å²) >= 11 is 0. The highest BCUT2D eigenvalue weighted by Crippen LogP contribution is 2.34. The van der Waals surface area contributed by atoms with Crippen molar-refractivity contribution in [2.75, 3.05) is 11.9 Å². The van der Waals surface area contributed by atoms with E-state index in [-0.39, 0.29) is 23.1 Å². The fourth-order valence-corrected chi connectivity index (χ4v) is 3.03. The fourth-order valence-electron chi connectivity index (χ4n) is 3.03. The molecule has 0 radical (unpaired) electrons. The summed E-state index contributed by atoms with van der Waals surface area (Å²) in [4.78, 5) is 38.3. The zero-order chi connectivity index (χ0) is 18.0. The van der Waals surface area contributed by atoms with Crippen molar-refractivity contribution in [2.45, 2.75) is 19.4 Å². The molecule has 0 aliphatic carbocycles. The SMILES string of the molecule is CNC(=O)C1Cc2ccccc2N1C(=O)c1ccccc1OC(C)=O. The van der Waals surface area contributed by atoms with Gasteiger partial charge in [0.1, 0.15) is 11.8 Å². The number of hydrogen-bond donors (Lipinski definition) is 1. The largest absolute Gasteiger partial charge is 0.426 e. The van der Waals surface area contributed by atoms with Crippen LogP contribution >= 0.6 is 0 Å². The van der Waals surface area contributed by atoms with E-state index >= 15 is 0 Å². The number of likely N-dealkylation sites (N-methyl/N-ethyl adjacent to an activating group) is 1. The normalized spacial score (nSPS) is 15.4. The number of benzene rings is 2. The first-order chi connectivity index (χ1) is 12.0. The Morgan fingerprint density at radius 3 is 2.48 bits per heavy atom. The van der Waals surface area contributed by atoms with Crippen molar-refractivity contribution in [3.8, 4) is 5.75 Å². The maximum absolute atomic E-state index is 13.2. The summed E-state index contributed by atoms with van der Waals surface area (Å²) in [7, 11) is 1.54. The van der Waals surface area contributed by atoms with Crippen LogP contribution in [0.5, 0.6) is 5.75 Å². The number of para-hydroxylation sites is 2. The van der Waals surface area contributed by atoms with Gasteiger partial charge >= 0.3 is 5.97 Å². The average Bonchev–Trinajstić information content (AvgIpc) is 3.00. The van der Waals surface area contributed by atoms with E-state index in [4.69, 9.17) is 4.74 Å². The zero-order valence-electron chi connectivity index (χ0n) is 14.0. The molecule has 2 aromatic rings. The first-order valence-corrected chi connectivity index (χ1v) is 7.93. The smallest absolute Gasteiger partial charge is 0.308 e. The van der Waals surface area contributed by atoms with Gasteiger partial charge in [-0.1, -0.05) is 30.3 Å². The molecule has 0 saturated carbocycles. The number of ether oxygens (including phenoxy) is 1. The van der Waals surface area contributed by atoms with E-state index < -0.39 is 12.0 Å². The molecule has 3 rings (SSSR count). The standard InChI is InChI=1S/C19H18N2O4/c1-12(22)25-17-10-6-4-8-14(17)19(24)21-15-9-5-3-7-13(15)11-16(21)18(23)20-2/h3-10,16H,11H2,1-2H3,(H,20,23). The van der Waals surface area contributed by atoms with Gasteiger partial charge in [-0.25, -0.2) is 0 Å². The quantitative estimate of drug-likeness (QED) is 0.685. The molecule has 6 heteroatoms. The minimum absolute atomic E-state index is 0.181. The van der Waals surface area contributed by atoms with Gasteiger partial charge in [0.25, 0.3) is 5.91 Å². The zero-order valence-corrected chi connectivity index (χ0v) is 14.0. The van der Waals surface area contributed by atoms with Crippen LogP contribution in [0.1, 0.15) is 22.8 Å². The van der Waals surface area contributed by atoms with Crippen molar-refractivity contribution >= 4 is 23.5 Å². The van der Waals surface area contributed by atoms with Crippen LogP contribution in [0, 0.1) is 0 Å². The van der Waals surface area contributed by atoms with Gasteiger partial charge in [0.05, 0.1) is 5.56 Å². The molecule has 1 aliphatic heterocycles. The highest BCUT2D eigenvalue weighted by molar-refractivity contribution is 6.13. The summed E-state index contributed by atoms with van der Waals surface area (Å²) in [5, 5.41) is 2.61. The van der Waals surface area contributed by atoms with Crippen LogP contribution in [0.15, 0.2) is 48.5 Å². The van der Waals surface area contributed by atoms with E-state index in [0.29, 0.717) is 12.1 Å². The lowest BCUT2D eigenvalue weighted by Gasteiger charge is -2.25. The maximum Gasteiger partial charge on any atom is 0.308 e. The number of carbonyl (C=O) groups excluding carboxylic acids is 3. The topological polar surface area (TPSA) is 75.7 Å². The molecule has 1 N–H and O–H groups in total. The number of rotatable bonds is 3. The van der Waals surface area contributed by atoms with E-state index in [1.165, 1.54) is 11.8 Å². The summed E-state index contributed by atoms with van der Waals surface area (Å²) in [6.45, 7) is 1.28. The fraction of sp³-hybridized carbons (Fsp3) is 0.211. The second-order valence-corrected chi connectivity index (χ2v) is 5.73. The van der Waals surface area contributed by atoms with Crippen LogP contribution in [-0.2, 0) is 16.0 Å². The van der Waals surface area contributed by atoms with Crippen molar-refractivity contribution in [2.24, 2.45) is 0 Å². The van der Waals surface area contributed by atoms with Crippen LogP contribution in [-0.4, -0.2) is 30.9 Å². The number of anilines is 1. The van der Waals surface area contributed by atoms with Crippen LogP contribution in [0.3, 0.4) is 0 Å². The minimum atomic E-state index is -0.639. The van der Waals surface area contributed by atoms with E-state index in [9.17, 15) is 14.4 Å². The Balaban J connectivity index is 2.05. The molecule has 1 heterocycles. The van der Waals surface area contributed by atoms with Gasteiger partial charge in [-0.3, -0.25) is 19.3 Å². The molecule has 0 bridgehead atoms. The predicted octanol–water partition coefficient (Wildman–Crippen LogP) is 1.93. The van der Waals surface area contributed by atoms with Gasteiger partial charge < -0.3 is 10.1 Å². The third kappa shape index (κ3) is 3.10. The minimum Gasteiger partial charge on any atom is -0.426 e. The molecule has 0 saturated heterocycles. The summed E-state index contributed by atoms with van der Waals surface area (Å²) in [6, 6.07) is 13.3. The van der Waals surface area contributed by atoms with Crippen molar-refractivity contribution in [1.29, 1.82) is 0 Å². The van der Waals surface area contributed by atoms with Crippen molar-refractivity contribution in [1.82, 2.24) is 5.32 Å². The van der Waals surface area contributed by atoms with Gasteiger partial charge in [0, 0.05) is 26.1 Å². The van der Waals surface area contributed by atoms with Gasteiger partial charge in [-0.2, -0.15) is 0 Å². The molecule has 128 valence electrons. The summed E-state index contributed by atoms with van der Waals surface area (Å²) in [5.41, 5.74) is 1.86. The molecule has 25 heavy (non-hydrogen) atoms. The first kappa shape index (κ1) is 16.7. The van der Waals surface area contributed by atoms with Crippen LogP contribution in [0.25, 0.3) is 0 Å². The van der Waals surface area contributed by atoms with Crippen molar-refractivity contribution in [3.05, 3.63) is 59.7 Å². The third-order valence-electron chi connectivity index (χ3n) is 4.12. The third-order valence-corrected chi connectivity index (χ3v) is 4.12. The Morgan fingerprint density at radius 2 is 1.76 bits per heavy atom. The molecular weight excluding hydrogens is 320 g/mol. The number of esters is 1. The second kappa shape index (κ2) is 6.76. The van der Waals surface area contributed by atoms with Crippen molar-refractivity contribution in [3.63, 3.8) is 0 Å². The predicted molar refractivity (Wildman–Crippen MR) is 92.6 cm³/mol. The molecular formula is C19H18N2O4. The molecule has 1 atom stereocenters. The molecule has 2 aromatic carbocycles. The number of amides is 2.